The number of carbonyl (C=O) groups excluding carboxylic acids is 2. The first-order chi connectivity index (χ1) is 8.52. The van der Waals surface area contributed by atoms with E-state index < -0.39 is 12.0 Å². The minimum Gasteiger partial charge on any atom is -0.480 e. The quantitative estimate of drug-likeness (QED) is 0.579. The van der Waals surface area contributed by atoms with E-state index in [9.17, 15) is 14.4 Å². The van der Waals surface area contributed by atoms with E-state index in [0.29, 0.717) is 19.4 Å². The highest BCUT2D eigenvalue weighted by Crippen LogP contribution is 2.03. The summed E-state index contributed by atoms with van der Waals surface area (Å²) in [6, 6.07) is -0.616. The Morgan fingerprint density at radius 2 is 2.33 bits per heavy atom. The third-order valence-electron chi connectivity index (χ3n) is 2.56. The van der Waals surface area contributed by atoms with Gasteiger partial charge in [0.2, 0.25) is 5.91 Å². The molecule has 3 amide bonds. The third-order valence-corrected chi connectivity index (χ3v) is 2.56. The van der Waals surface area contributed by atoms with Gasteiger partial charge < -0.3 is 20.6 Å². The van der Waals surface area contributed by atoms with E-state index in [1.54, 1.807) is 0 Å². The summed E-state index contributed by atoms with van der Waals surface area (Å²) in [7, 11) is 0. The lowest BCUT2D eigenvalue weighted by molar-refractivity contribution is -0.137. The number of carbonyl (C=O) groups is 3. The van der Waals surface area contributed by atoms with Crippen LogP contribution in [0.25, 0.3) is 0 Å². The lowest BCUT2D eigenvalue weighted by atomic mass is 10.1. The van der Waals surface area contributed by atoms with Crippen molar-refractivity contribution < 1.29 is 19.5 Å². The van der Waals surface area contributed by atoms with Gasteiger partial charge in [0.25, 0.3) is 0 Å². The number of nitrogens with zero attached hydrogens (tertiary/aromatic N) is 1. The molecule has 18 heavy (non-hydrogen) atoms. The maximum absolute atomic E-state index is 11.8. The van der Waals surface area contributed by atoms with Crippen LogP contribution in [0.4, 0.5) is 4.79 Å². The van der Waals surface area contributed by atoms with Crippen molar-refractivity contribution in [3.8, 4) is 0 Å². The van der Waals surface area contributed by atoms with Crippen molar-refractivity contribution in [3.63, 3.8) is 0 Å². The molecule has 0 aromatic rings. The van der Waals surface area contributed by atoms with Crippen LogP contribution >= 0.6 is 0 Å². The molecule has 0 spiro atoms. The van der Waals surface area contributed by atoms with Crippen LogP contribution in [-0.2, 0) is 9.59 Å². The Balaban J connectivity index is 2.47. The average molecular weight is 255 g/mol. The first-order valence-electron chi connectivity index (χ1n) is 5.67. The van der Waals surface area contributed by atoms with E-state index >= 15 is 0 Å². The molecule has 7 heteroatoms. The van der Waals surface area contributed by atoms with Crippen molar-refractivity contribution >= 4 is 17.9 Å². The molecule has 1 unspecified atom stereocenters. The average Bonchev–Trinajstić information content (AvgIpc) is 2.31. The third kappa shape index (κ3) is 4.44. The number of hydrogen-bond donors (Lipinski definition) is 3. The van der Waals surface area contributed by atoms with Crippen LogP contribution in [0.15, 0.2) is 12.7 Å². The molecule has 1 fully saturated rings. The normalized spacial score (nSPS) is 18.7. The molecule has 1 aliphatic heterocycles. The van der Waals surface area contributed by atoms with Crippen molar-refractivity contribution in [3.05, 3.63) is 12.7 Å². The van der Waals surface area contributed by atoms with Crippen LogP contribution in [0.2, 0.25) is 0 Å². The molecule has 1 saturated heterocycles. The zero-order chi connectivity index (χ0) is 13.5. The molecule has 0 aromatic heterocycles. The predicted molar refractivity (Wildman–Crippen MR) is 64.0 cm³/mol. The van der Waals surface area contributed by atoms with Gasteiger partial charge in [0.1, 0.15) is 6.54 Å². The fourth-order valence-electron chi connectivity index (χ4n) is 1.66. The topological polar surface area (TPSA) is 98.7 Å². The maximum atomic E-state index is 11.8. The Morgan fingerprint density at radius 3 is 2.83 bits per heavy atom. The SMILES string of the molecule is C=CCN(CC(=O)O)C(=O)NC1CCC(=O)NC1. The summed E-state index contributed by atoms with van der Waals surface area (Å²) < 4.78 is 0. The number of rotatable bonds is 5. The summed E-state index contributed by atoms with van der Waals surface area (Å²) in [6.45, 7) is 3.64. The van der Waals surface area contributed by atoms with Gasteiger partial charge in [0, 0.05) is 25.6 Å². The monoisotopic (exact) mass is 255 g/mol. The zero-order valence-electron chi connectivity index (χ0n) is 10.0. The van der Waals surface area contributed by atoms with Crippen molar-refractivity contribution in [1.82, 2.24) is 15.5 Å². The van der Waals surface area contributed by atoms with E-state index in [0.717, 1.165) is 4.90 Å². The number of amides is 3. The fourth-order valence-corrected chi connectivity index (χ4v) is 1.66. The molecule has 0 radical (unpaired) electrons. The van der Waals surface area contributed by atoms with Crippen LogP contribution < -0.4 is 10.6 Å². The number of urea groups is 1. The molecular weight excluding hydrogens is 238 g/mol. The molecule has 0 bridgehead atoms. The second kappa shape index (κ2) is 6.63. The van der Waals surface area contributed by atoms with E-state index in [1.165, 1.54) is 6.08 Å². The van der Waals surface area contributed by atoms with E-state index in [4.69, 9.17) is 5.11 Å². The van der Waals surface area contributed by atoms with Crippen LogP contribution in [0, 0.1) is 0 Å². The van der Waals surface area contributed by atoms with E-state index in [1.807, 2.05) is 0 Å². The molecule has 0 saturated carbocycles. The maximum Gasteiger partial charge on any atom is 0.323 e. The number of carboxylic acids is 1. The number of hydrogen-bond acceptors (Lipinski definition) is 3. The zero-order valence-corrected chi connectivity index (χ0v) is 10.0. The Kier molecular flexibility index (Phi) is 5.16. The Bertz CT molecular complexity index is 346. The van der Waals surface area contributed by atoms with Gasteiger partial charge in [-0.15, -0.1) is 6.58 Å². The molecule has 7 nitrogen and oxygen atoms in total. The minimum atomic E-state index is -1.08. The summed E-state index contributed by atoms with van der Waals surface area (Å²) in [4.78, 5) is 34.5. The molecule has 100 valence electrons. The highest BCUT2D eigenvalue weighted by Gasteiger charge is 2.22. The second-order valence-electron chi connectivity index (χ2n) is 4.05. The van der Waals surface area contributed by atoms with Gasteiger partial charge in [-0.2, -0.15) is 0 Å². The summed E-state index contributed by atoms with van der Waals surface area (Å²) in [5, 5.41) is 14.0. The molecule has 1 aliphatic rings. The first-order valence-corrected chi connectivity index (χ1v) is 5.67. The van der Waals surface area contributed by atoms with Crippen molar-refractivity contribution in [2.75, 3.05) is 19.6 Å². The summed E-state index contributed by atoms with van der Waals surface area (Å²) >= 11 is 0. The van der Waals surface area contributed by atoms with Gasteiger partial charge in [0.05, 0.1) is 0 Å². The number of nitrogens with one attached hydrogen (secondary N) is 2. The Labute approximate surface area is 105 Å². The summed E-state index contributed by atoms with van der Waals surface area (Å²) in [5.74, 6) is -1.11. The smallest absolute Gasteiger partial charge is 0.323 e. The fraction of sp³-hybridized carbons (Fsp3) is 0.545. The molecule has 3 N–H and O–H groups in total. The summed E-state index contributed by atoms with van der Waals surface area (Å²) in [5.41, 5.74) is 0. The highest BCUT2D eigenvalue weighted by molar-refractivity contribution is 5.81. The van der Waals surface area contributed by atoms with Gasteiger partial charge in [-0.05, 0) is 6.42 Å². The van der Waals surface area contributed by atoms with Gasteiger partial charge in [-0.3, -0.25) is 9.59 Å². The largest absolute Gasteiger partial charge is 0.480 e. The number of piperidine rings is 1. The lowest BCUT2D eigenvalue weighted by Gasteiger charge is -2.27. The standard InChI is InChI=1S/C11H17N3O4/c1-2-5-14(7-10(16)17)11(18)13-8-3-4-9(15)12-6-8/h2,8H,1,3-7H2,(H,12,15)(H,13,18)(H,16,17). The van der Waals surface area contributed by atoms with Crippen LogP contribution in [0.3, 0.4) is 0 Å². The molecule has 0 aromatic carbocycles. The highest BCUT2D eigenvalue weighted by atomic mass is 16.4. The predicted octanol–water partition coefficient (Wildman–Crippen LogP) is -0.453. The van der Waals surface area contributed by atoms with E-state index in [2.05, 4.69) is 17.2 Å². The van der Waals surface area contributed by atoms with Gasteiger partial charge in [-0.1, -0.05) is 6.08 Å². The molecular formula is C11H17N3O4. The van der Waals surface area contributed by atoms with Crippen LogP contribution in [0.5, 0.6) is 0 Å². The number of aliphatic carboxylic acids is 1. The van der Waals surface area contributed by atoms with Crippen molar-refractivity contribution in [1.29, 1.82) is 0 Å². The van der Waals surface area contributed by atoms with Gasteiger partial charge in [-0.25, -0.2) is 4.79 Å². The molecule has 1 atom stereocenters. The first kappa shape index (κ1) is 14.0. The van der Waals surface area contributed by atoms with E-state index in [-0.39, 0.29) is 25.0 Å². The van der Waals surface area contributed by atoms with Crippen LogP contribution in [-0.4, -0.2) is 53.6 Å². The minimum absolute atomic E-state index is 0.0333. The van der Waals surface area contributed by atoms with Gasteiger partial charge >= 0.3 is 12.0 Å². The second-order valence-corrected chi connectivity index (χ2v) is 4.05. The van der Waals surface area contributed by atoms with Crippen molar-refractivity contribution in [2.24, 2.45) is 0 Å². The van der Waals surface area contributed by atoms with Crippen LogP contribution in [0.1, 0.15) is 12.8 Å². The lowest BCUT2D eigenvalue weighted by Crippen LogP contribution is -2.52. The summed E-state index contributed by atoms with van der Waals surface area (Å²) in [6.07, 6.45) is 2.39. The molecule has 1 rings (SSSR count). The van der Waals surface area contributed by atoms with Crippen molar-refractivity contribution in [2.45, 2.75) is 18.9 Å². The van der Waals surface area contributed by atoms with Gasteiger partial charge in [0.15, 0.2) is 0 Å². The Hall–Kier alpha value is -2.05. The number of carboxylic acid groups (broad SMARTS) is 1. The Morgan fingerprint density at radius 1 is 1.61 bits per heavy atom. The molecule has 0 aliphatic carbocycles. The molecule has 1 heterocycles.